The van der Waals surface area contributed by atoms with Gasteiger partial charge in [-0.2, -0.15) is 0 Å². The van der Waals surface area contributed by atoms with Crippen molar-refractivity contribution in [2.75, 3.05) is 6.54 Å². The van der Waals surface area contributed by atoms with Gasteiger partial charge in [0, 0.05) is 16.5 Å². The molecule has 1 N–H and O–H groups in total. The quantitative estimate of drug-likeness (QED) is 0.741. The van der Waals surface area contributed by atoms with Crippen LogP contribution in [0.25, 0.3) is 10.8 Å². The normalized spacial score (nSPS) is 16.3. The van der Waals surface area contributed by atoms with Crippen molar-refractivity contribution < 1.29 is 0 Å². The lowest BCUT2D eigenvalue weighted by atomic mass is 9.95. The van der Waals surface area contributed by atoms with E-state index in [2.05, 4.69) is 42.6 Å². The topological polar surface area (TPSA) is 12.0 Å². The first-order valence-corrected chi connectivity index (χ1v) is 8.51. The lowest BCUT2D eigenvalue weighted by Gasteiger charge is -2.13. The maximum Gasteiger partial charge on any atom is 0.0484 e. The van der Waals surface area contributed by atoms with Crippen LogP contribution in [0.2, 0.25) is 5.02 Å². The standard InChI is InChI=1S/C19H24ClN/c1-14(12-13-21-16-9-10-16)6-7-15-8-11-19(20)18-5-3-2-4-17(15)18/h2-5,8,11,14,16,21H,6-7,9-10,12-13H2,1H3. The molecule has 0 spiro atoms. The van der Waals surface area contributed by atoms with E-state index < -0.39 is 0 Å². The molecule has 0 heterocycles. The van der Waals surface area contributed by atoms with Gasteiger partial charge in [0.2, 0.25) is 0 Å². The third-order valence-corrected chi connectivity index (χ3v) is 4.84. The zero-order valence-corrected chi connectivity index (χ0v) is 13.5. The summed E-state index contributed by atoms with van der Waals surface area (Å²) in [7, 11) is 0. The molecule has 0 amide bonds. The number of rotatable bonds is 7. The molecule has 0 aliphatic heterocycles. The van der Waals surface area contributed by atoms with Crippen molar-refractivity contribution in [3.8, 4) is 0 Å². The fraction of sp³-hybridized carbons (Fsp3) is 0.474. The predicted octanol–water partition coefficient (Wildman–Crippen LogP) is 5.20. The molecule has 1 aliphatic carbocycles. The summed E-state index contributed by atoms with van der Waals surface area (Å²) >= 11 is 6.29. The number of fused-ring (bicyclic) bond motifs is 1. The molecule has 1 atom stereocenters. The van der Waals surface area contributed by atoms with E-state index in [1.165, 1.54) is 48.6 Å². The van der Waals surface area contributed by atoms with Crippen LogP contribution in [0.3, 0.4) is 0 Å². The summed E-state index contributed by atoms with van der Waals surface area (Å²) < 4.78 is 0. The average molecular weight is 302 g/mol. The van der Waals surface area contributed by atoms with Crippen LogP contribution in [0.1, 0.15) is 38.2 Å². The Balaban J connectivity index is 1.58. The average Bonchev–Trinajstić information content (AvgIpc) is 3.31. The van der Waals surface area contributed by atoms with Gasteiger partial charge < -0.3 is 5.32 Å². The van der Waals surface area contributed by atoms with Crippen molar-refractivity contribution in [3.63, 3.8) is 0 Å². The zero-order valence-electron chi connectivity index (χ0n) is 12.7. The SMILES string of the molecule is CC(CCNC1CC1)CCc1ccc(Cl)c2ccccc12. The van der Waals surface area contributed by atoms with E-state index in [1.807, 2.05) is 6.07 Å². The largest absolute Gasteiger partial charge is 0.314 e. The molecule has 2 aromatic rings. The number of hydrogen-bond acceptors (Lipinski definition) is 1. The van der Waals surface area contributed by atoms with Crippen molar-refractivity contribution in [3.05, 3.63) is 47.0 Å². The Kier molecular flexibility index (Phi) is 4.82. The first-order valence-electron chi connectivity index (χ1n) is 8.13. The molecular weight excluding hydrogens is 278 g/mol. The van der Waals surface area contributed by atoms with E-state index in [9.17, 15) is 0 Å². The summed E-state index contributed by atoms with van der Waals surface area (Å²) in [6, 6.07) is 13.5. The van der Waals surface area contributed by atoms with Crippen LogP contribution in [0, 0.1) is 5.92 Å². The summed E-state index contributed by atoms with van der Waals surface area (Å²) in [6.45, 7) is 3.54. The van der Waals surface area contributed by atoms with Crippen LogP contribution in [-0.4, -0.2) is 12.6 Å². The maximum absolute atomic E-state index is 6.29. The van der Waals surface area contributed by atoms with Gasteiger partial charge in [-0.1, -0.05) is 48.9 Å². The molecule has 0 radical (unpaired) electrons. The maximum atomic E-state index is 6.29. The Labute approximate surface area is 132 Å². The number of halogens is 1. The van der Waals surface area contributed by atoms with Crippen LogP contribution in [-0.2, 0) is 6.42 Å². The molecular formula is C19H24ClN. The second kappa shape index (κ2) is 6.81. The molecule has 0 bridgehead atoms. The van der Waals surface area contributed by atoms with Crippen molar-refractivity contribution in [1.82, 2.24) is 5.32 Å². The minimum Gasteiger partial charge on any atom is -0.314 e. The van der Waals surface area contributed by atoms with Gasteiger partial charge in [0.15, 0.2) is 0 Å². The van der Waals surface area contributed by atoms with E-state index in [0.29, 0.717) is 0 Å². The summed E-state index contributed by atoms with van der Waals surface area (Å²) in [5.41, 5.74) is 1.43. The van der Waals surface area contributed by atoms with E-state index in [1.54, 1.807) is 0 Å². The second-order valence-corrected chi connectivity index (χ2v) is 6.82. The number of benzene rings is 2. The highest BCUT2D eigenvalue weighted by molar-refractivity contribution is 6.35. The van der Waals surface area contributed by atoms with Gasteiger partial charge in [0.1, 0.15) is 0 Å². The Morgan fingerprint density at radius 1 is 1.10 bits per heavy atom. The Morgan fingerprint density at radius 2 is 1.86 bits per heavy atom. The Bertz CT molecular complexity index is 604. The third-order valence-electron chi connectivity index (χ3n) is 4.52. The smallest absolute Gasteiger partial charge is 0.0484 e. The molecule has 2 heteroatoms. The van der Waals surface area contributed by atoms with Crippen molar-refractivity contribution >= 4 is 22.4 Å². The molecule has 1 aliphatic rings. The summed E-state index contributed by atoms with van der Waals surface area (Å²) in [5.74, 6) is 0.769. The van der Waals surface area contributed by atoms with Gasteiger partial charge in [-0.25, -0.2) is 0 Å². The predicted molar refractivity (Wildman–Crippen MR) is 92.1 cm³/mol. The molecule has 2 aromatic carbocycles. The number of aryl methyl sites for hydroxylation is 1. The molecule has 1 fully saturated rings. The lowest BCUT2D eigenvalue weighted by Crippen LogP contribution is -2.19. The minimum absolute atomic E-state index is 0.769. The molecule has 21 heavy (non-hydrogen) atoms. The molecule has 0 aromatic heterocycles. The number of nitrogens with one attached hydrogen (secondary N) is 1. The van der Waals surface area contributed by atoms with Crippen molar-refractivity contribution in [2.45, 2.75) is 45.1 Å². The highest BCUT2D eigenvalue weighted by Gasteiger charge is 2.19. The summed E-state index contributed by atoms with van der Waals surface area (Å²) in [6.07, 6.45) is 6.43. The van der Waals surface area contributed by atoms with Gasteiger partial charge in [0.25, 0.3) is 0 Å². The minimum atomic E-state index is 0.769. The molecule has 112 valence electrons. The Morgan fingerprint density at radius 3 is 2.62 bits per heavy atom. The van der Waals surface area contributed by atoms with E-state index in [-0.39, 0.29) is 0 Å². The van der Waals surface area contributed by atoms with Crippen molar-refractivity contribution in [2.24, 2.45) is 5.92 Å². The fourth-order valence-corrected chi connectivity index (χ4v) is 3.14. The molecule has 1 unspecified atom stereocenters. The highest BCUT2D eigenvalue weighted by Crippen LogP contribution is 2.28. The fourth-order valence-electron chi connectivity index (χ4n) is 2.91. The van der Waals surface area contributed by atoms with E-state index in [0.717, 1.165) is 23.4 Å². The van der Waals surface area contributed by atoms with E-state index >= 15 is 0 Å². The molecule has 1 nitrogen and oxygen atoms in total. The van der Waals surface area contributed by atoms with Crippen LogP contribution < -0.4 is 5.32 Å². The van der Waals surface area contributed by atoms with Gasteiger partial charge in [-0.05, 0) is 61.6 Å². The van der Waals surface area contributed by atoms with Crippen LogP contribution in [0.15, 0.2) is 36.4 Å². The highest BCUT2D eigenvalue weighted by atomic mass is 35.5. The Hall–Kier alpha value is -1.05. The van der Waals surface area contributed by atoms with Crippen LogP contribution in [0.5, 0.6) is 0 Å². The van der Waals surface area contributed by atoms with Gasteiger partial charge in [-0.15, -0.1) is 0 Å². The van der Waals surface area contributed by atoms with Crippen LogP contribution in [0.4, 0.5) is 0 Å². The first-order chi connectivity index (χ1) is 10.2. The number of hydrogen-bond donors (Lipinski definition) is 1. The molecule has 0 saturated heterocycles. The summed E-state index contributed by atoms with van der Waals surface area (Å²) in [5, 5.41) is 6.96. The van der Waals surface area contributed by atoms with Gasteiger partial charge >= 0.3 is 0 Å². The summed E-state index contributed by atoms with van der Waals surface area (Å²) in [4.78, 5) is 0. The van der Waals surface area contributed by atoms with Crippen molar-refractivity contribution in [1.29, 1.82) is 0 Å². The first kappa shape index (κ1) is 14.9. The van der Waals surface area contributed by atoms with E-state index in [4.69, 9.17) is 11.6 Å². The van der Waals surface area contributed by atoms with Gasteiger partial charge in [0.05, 0.1) is 0 Å². The molecule has 1 saturated carbocycles. The zero-order chi connectivity index (χ0) is 14.7. The van der Waals surface area contributed by atoms with Gasteiger partial charge in [-0.3, -0.25) is 0 Å². The lowest BCUT2D eigenvalue weighted by molar-refractivity contribution is 0.470. The monoisotopic (exact) mass is 301 g/mol. The van der Waals surface area contributed by atoms with Crippen LogP contribution >= 0.6 is 11.6 Å². The second-order valence-electron chi connectivity index (χ2n) is 6.41. The molecule has 3 rings (SSSR count). The third kappa shape index (κ3) is 3.99.